The number of nitrogens with zero attached hydrogens (tertiary/aromatic N) is 2. The van der Waals surface area contributed by atoms with E-state index in [1.165, 1.54) is 50.4 Å². The zero-order chi connectivity index (χ0) is 21.5. The molecule has 1 aliphatic heterocycles. The maximum atomic E-state index is 6.69. The van der Waals surface area contributed by atoms with Crippen LogP contribution in [0.1, 0.15) is 71.6 Å². The maximum absolute atomic E-state index is 6.69. The monoisotopic (exact) mass is 426 g/mol. The van der Waals surface area contributed by atoms with Crippen LogP contribution in [-0.4, -0.2) is 35.6 Å². The van der Waals surface area contributed by atoms with Crippen LogP contribution in [0.15, 0.2) is 30.7 Å². The molecule has 0 spiro atoms. The Morgan fingerprint density at radius 1 is 1.16 bits per heavy atom. The lowest BCUT2D eigenvalue weighted by molar-refractivity contribution is -0.316. The molecule has 170 valence electrons. The molecule has 0 radical (unpaired) electrons. The number of fused-ring (bicyclic) bond motifs is 3. The number of hydrogen-bond donors (Lipinski definition) is 0. The van der Waals surface area contributed by atoms with Gasteiger partial charge in [0.05, 0.1) is 19.3 Å². The summed E-state index contributed by atoms with van der Waals surface area (Å²) < 4.78 is 19.1. The molecule has 5 heteroatoms. The molecule has 0 amide bonds. The average Bonchev–Trinajstić information content (AvgIpc) is 3.31. The lowest BCUT2D eigenvalue weighted by atomic mass is 9.46. The smallest absolute Gasteiger partial charge is 0.216 e. The van der Waals surface area contributed by atoms with Crippen molar-refractivity contribution >= 4 is 0 Å². The van der Waals surface area contributed by atoms with E-state index in [0.29, 0.717) is 36.3 Å². The highest BCUT2D eigenvalue weighted by Gasteiger charge is 2.60. The Bertz CT molecular complexity index is 780. The Morgan fingerprint density at radius 3 is 2.77 bits per heavy atom. The quantitative estimate of drug-likeness (QED) is 0.577. The van der Waals surface area contributed by atoms with Gasteiger partial charge in [0, 0.05) is 23.6 Å². The molecule has 5 nitrogen and oxygen atoms in total. The molecule has 1 aromatic rings. The Kier molecular flexibility index (Phi) is 5.85. The molecule has 2 heterocycles. The summed E-state index contributed by atoms with van der Waals surface area (Å²) >= 11 is 0. The van der Waals surface area contributed by atoms with Gasteiger partial charge in [-0.1, -0.05) is 38.8 Å². The normalized spacial score (nSPS) is 40.9. The van der Waals surface area contributed by atoms with Crippen molar-refractivity contribution in [2.45, 2.75) is 84.0 Å². The first-order chi connectivity index (χ1) is 15.0. The van der Waals surface area contributed by atoms with E-state index in [1.807, 2.05) is 6.07 Å². The van der Waals surface area contributed by atoms with E-state index >= 15 is 0 Å². The van der Waals surface area contributed by atoms with Crippen LogP contribution in [0.25, 0.3) is 0 Å². The number of hydrogen-bond acceptors (Lipinski definition) is 5. The molecule has 0 bridgehead atoms. The zero-order valence-corrected chi connectivity index (χ0v) is 19.2. The third kappa shape index (κ3) is 3.82. The van der Waals surface area contributed by atoms with E-state index in [9.17, 15) is 0 Å². The first kappa shape index (κ1) is 21.4. The number of rotatable bonds is 5. The van der Waals surface area contributed by atoms with Gasteiger partial charge in [0.15, 0.2) is 6.29 Å². The predicted octanol–water partition coefficient (Wildman–Crippen LogP) is 5.57. The second kappa shape index (κ2) is 8.47. The van der Waals surface area contributed by atoms with Crippen molar-refractivity contribution in [1.82, 2.24) is 9.97 Å². The topological polar surface area (TPSA) is 53.5 Å². The molecule has 1 saturated heterocycles. The minimum atomic E-state index is 0.0283. The second-order valence-electron chi connectivity index (χ2n) is 10.9. The minimum absolute atomic E-state index is 0.0283. The van der Waals surface area contributed by atoms with Gasteiger partial charge in [-0.2, -0.15) is 0 Å². The van der Waals surface area contributed by atoms with Crippen LogP contribution in [0.3, 0.4) is 0 Å². The van der Waals surface area contributed by atoms with E-state index < -0.39 is 0 Å². The van der Waals surface area contributed by atoms with Gasteiger partial charge in [0.2, 0.25) is 5.88 Å². The number of ether oxygens (including phenoxy) is 3. The van der Waals surface area contributed by atoms with Gasteiger partial charge in [-0.15, -0.1) is 0 Å². The predicted molar refractivity (Wildman–Crippen MR) is 120 cm³/mol. The second-order valence-corrected chi connectivity index (χ2v) is 10.9. The van der Waals surface area contributed by atoms with Crippen molar-refractivity contribution in [2.75, 3.05) is 13.2 Å². The van der Waals surface area contributed by atoms with Gasteiger partial charge in [-0.3, -0.25) is 0 Å². The fourth-order valence-electron chi connectivity index (χ4n) is 7.51. The molecule has 4 aliphatic rings. The molecule has 3 aliphatic carbocycles. The first-order valence-corrected chi connectivity index (χ1v) is 12.3. The van der Waals surface area contributed by atoms with E-state index in [1.54, 1.807) is 6.20 Å². The standard InChI is InChI=1S/C26H38N2O3/c1-18-8-9-21-25(2,20(18)12-15-29-23-11-14-27-17-28-23)13-10-22-26(21,3)16-30-24(31-22)19-6-4-5-7-19/h11,14,17,19-22,24H,1,4-10,12-13,15-16H2,2-3H3/t20-,21?,22-,24-,25?,26+/m1/s1. The molecular weight excluding hydrogens is 388 g/mol. The summed E-state index contributed by atoms with van der Waals surface area (Å²) in [5, 5.41) is 0. The molecule has 5 rings (SSSR count). The highest BCUT2D eigenvalue weighted by molar-refractivity contribution is 5.18. The third-order valence-corrected chi connectivity index (χ3v) is 9.17. The average molecular weight is 427 g/mol. The van der Waals surface area contributed by atoms with Crippen LogP contribution in [0.4, 0.5) is 0 Å². The summed E-state index contributed by atoms with van der Waals surface area (Å²) in [4.78, 5) is 8.16. The first-order valence-electron chi connectivity index (χ1n) is 12.3. The SMILES string of the molecule is C=C1CCC2C(C)(CC[C@H]3O[C@H](C4CCCC4)OC[C@@]23C)[C@@H]1CCOc1ccncn1. The Hall–Kier alpha value is -1.46. The fourth-order valence-corrected chi connectivity index (χ4v) is 7.51. The summed E-state index contributed by atoms with van der Waals surface area (Å²) in [5.74, 6) is 2.33. The summed E-state index contributed by atoms with van der Waals surface area (Å²) in [5.41, 5.74) is 1.71. The Labute approximate surface area is 187 Å². The van der Waals surface area contributed by atoms with Crippen molar-refractivity contribution in [3.05, 3.63) is 30.7 Å². The third-order valence-electron chi connectivity index (χ3n) is 9.17. The lowest BCUT2D eigenvalue weighted by Gasteiger charge is -2.63. The summed E-state index contributed by atoms with van der Waals surface area (Å²) in [6.07, 6.45) is 14.4. The van der Waals surface area contributed by atoms with Crippen LogP contribution in [0.5, 0.6) is 5.88 Å². The molecular formula is C26H38N2O3. The van der Waals surface area contributed by atoms with Crippen LogP contribution < -0.4 is 4.74 Å². The Balaban J connectivity index is 1.29. The van der Waals surface area contributed by atoms with Gasteiger partial charge in [0.25, 0.3) is 0 Å². The van der Waals surface area contributed by atoms with Crippen molar-refractivity contribution in [2.24, 2.45) is 28.6 Å². The number of aromatic nitrogens is 2. The molecule has 4 fully saturated rings. The van der Waals surface area contributed by atoms with E-state index in [2.05, 4.69) is 30.4 Å². The lowest BCUT2D eigenvalue weighted by Crippen LogP contribution is -2.62. The minimum Gasteiger partial charge on any atom is -0.478 e. The fraction of sp³-hybridized carbons (Fsp3) is 0.769. The van der Waals surface area contributed by atoms with E-state index in [4.69, 9.17) is 14.2 Å². The van der Waals surface area contributed by atoms with Crippen molar-refractivity contribution in [1.29, 1.82) is 0 Å². The van der Waals surface area contributed by atoms with Gasteiger partial charge < -0.3 is 14.2 Å². The summed E-state index contributed by atoms with van der Waals surface area (Å²) in [6.45, 7) is 11.0. The summed E-state index contributed by atoms with van der Waals surface area (Å²) in [7, 11) is 0. The number of allylic oxidation sites excluding steroid dienone is 1. The van der Waals surface area contributed by atoms with Crippen LogP contribution in [0, 0.1) is 28.6 Å². The van der Waals surface area contributed by atoms with Crippen molar-refractivity contribution < 1.29 is 14.2 Å². The molecule has 1 aromatic heterocycles. The maximum Gasteiger partial charge on any atom is 0.216 e. The summed E-state index contributed by atoms with van der Waals surface area (Å²) in [6, 6.07) is 1.82. The van der Waals surface area contributed by atoms with Crippen LogP contribution >= 0.6 is 0 Å². The van der Waals surface area contributed by atoms with Gasteiger partial charge in [-0.25, -0.2) is 9.97 Å². The molecule has 6 atom stereocenters. The van der Waals surface area contributed by atoms with Gasteiger partial charge >= 0.3 is 0 Å². The molecule has 31 heavy (non-hydrogen) atoms. The molecule has 2 unspecified atom stereocenters. The largest absolute Gasteiger partial charge is 0.478 e. The zero-order valence-electron chi connectivity index (χ0n) is 19.2. The van der Waals surface area contributed by atoms with E-state index in [0.717, 1.165) is 25.9 Å². The van der Waals surface area contributed by atoms with Gasteiger partial charge in [-0.05, 0) is 62.2 Å². The van der Waals surface area contributed by atoms with E-state index in [-0.39, 0.29) is 17.1 Å². The van der Waals surface area contributed by atoms with Crippen molar-refractivity contribution in [3.8, 4) is 5.88 Å². The highest BCUT2D eigenvalue weighted by atomic mass is 16.7. The highest BCUT2D eigenvalue weighted by Crippen LogP contribution is 2.63. The van der Waals surface area contributed by atoms with Crippen molar-refractivity contribution in [3.63, 3.8) is 0 Å². The Morgan fingerprint density at radius 2 is 2.00 bits per heavy atom. The molecule has 0 aromatic carbocycles. The molecule has 3 saturated carbocycles. The molecule has 0 N–H and O–H groups in total. The van der Waals surface area contributed by atoms with Crippen LogP contribution in [0.2, 0.25) is 0 Å². The van der Waals surface area contributed by atoms with Crippen LogP contribution in [-0.2, 0) is 9.47 Å². The van der Waals surface area contributed by atoms with Gasteiger partial charge in [0.1, 0.15) is 6.33 Å².